The van der Waals surface area contributed by atoms with E-state index in [1.54, 1.807) is 6.07 Å². The number of hydrogen-bond donors (Lipinski definition) is 1. The first-order valence-electron chi connectivity index (χ1n) is 6.08. The van der Waals surface area contributed by atoms with E-state index in [-0.39, 0.29) is 0 Å². The van der Waals surface area contributed by atoms with Crippen LogP contribution in [0.4, 0.5) is 5.69 Å². The van der Waals surface area contributed by atoms with Crippen LogP contribution < -0.4 is 5.32 Å². The molecule has 0 aliphatic rings. The summed E-state index contributed by atoms with van der Waals surface area (Å²) < 4.78 is 2.73. The number of nitriles is 1. The van der Waals surface area contributed by atoms with E-state index >= 15 is 0 Å². The quantitative estimate of drug-likeness (QED) is 0.941. The highest BCUT2D eigenvalue weighted by Crippen LogP contribution is 2.20. The van der Waals surface area contributed by atoms with Gasteiger partial charge in [-0.2, -0.15) is 10.4 Å². The Bertz CT molecular complexity index is 625. The van der Waals surface area contributed by atoms with E-state index in [4.69, 9.17) is 5.26 Å². The number of benzene rings is 1. The number of aryl methyl sites for hydroxylation is 2. The Morgan fingerprint density at radius 2 is 2.21 bits per heavy atom. The van der Waals surface area contributed by atoms with Crippen LogP contribution in [0.15, 0.2) is 28.9 Å². The zero-order chi connectivity index (χ0) is 13.8. The van der Waals surface area contributed by atoms with Gasteiger partial charge < -0.3 is 5.32 Å². The molecule has 0 aliphatic carbocycles. The summed E-state index contributed by atoms with van der Waals surface area (Å²) in [5, 5.41) is 16.7. The Balaban J connectivity index is 2.14. The van der Waals surface area contributed by atoms with E-state index in [1.165, 1.54) is 5.56 Å². The Morgan fingerprint density at radius 3 is 2.89 bits per heavy atom. The highest BCUT2D eigenvalue weighted by atomic mass is 79.9. The third kappa shape index (κ3) is 3.36. The van der Waals surface area contributed by atoms with Crippen LogP contribution in [0.3, 0.4) is 0 Å². The molecule has 0 aliphatic heterocycles. The van der Waals surface area contributed by atoms with E-state index in [9.17, 15) is 0 Å². The number of aromatic nitrogens is 2. The average Bonchev–Trinajstić information content (AvgIpc) is 2.76. The molecule has 1 heterocycles. The number of nitrogens with zero attached hydrogens (tertiary/aromatic N) is 3. The maximum atomic E-state index is 8.95. The molecule has 0 saturated heterocycles. The number of halogens is 1. The molecule has 1 aromatic carbocycles. The lowest BCUT2D eigenvalue weighted by molar-refractivity contribution is 0.746. The molecule has 2 rings (SSSR count). The van der Waals surface area contributed by atoms with E-state index in [0.29, 0.717) is 12.1 Å². The van der Waals surface area contributed by atoms with Gasteiger partial charge in [0.15, 0.2) is 0 Å². The predicted octanol–water partition coefficient (Wildman–Crippen LogP) is 3.23. The Hall–Kier alpha value is -1.80. The van der Waals surface area contributed by atoms with Gasteiger partial charge in [0.05, 0.1) is 17.3 Å². The van der Waals surface area contributed by atoms with Crippen LogP contribution in [0.25, 0.3) is 0 Å². The molecule has 4 nitrogen and oxygen atoms in total. The minimum atomic E-state index is 0.638. The van der Waals surface area contributed by atoms with Gasteiger partial charge in [0.1, 0.15) is 0 Å². The Kier molecular flexibility index (Phi) is 4.23. The fraction of sp³-hybridized carbons (Fsp3) is 0.286. The van der Waals surface area contributed by atoms with Crippen LogP contribution in [0.5, 0.6) is 0 Å². The van der Waals surface area contributed by atoms with Gasteiger partial charge in [-0.1, -0.05) is 22.9 Å². The van der Waals surface area contributed by atoms with Gasteiger partial charge in [-0.05, 0) is 24.6 Å². The lowest BCUT2D eigenvalue weighted by Crippen LogP contribution is -2.01. The van der Waals surface area contributed by atoms with Gasteiger partial charge in [-0.3, -0.25) is 4.68 Å². The lowest BCUT2D eigenvalue weighted by atomic mass is 10.2. The first kappa shape index (κ1) is 13.6. The van der Waals surface area contributed by atoms with Gasteiger partial charge in [0.25, 0.3) is 0 Å². The van der Waals surface area contributed by atoms with Crippen molar-refractivity contribution in [2.24, 2.45) is 7.05 Å². The number of hydrogen-bond acceptors (Lipinski definition) is 3. The van der Waals surface area contributed by atoms with Crippen molar-refractivity contribution in [2.75, 3.05) is 5.32 Å². The molecule has 2 aromatic rings. The molecule has 0 unspecified atom stereocenters. The minimum absolute atomic E-state index is 0.638. The molecule has 0 bridgehead atoms. The maximum absolute atomic E-state index is 8.95. The monoisotopic (exact) mass is 318 g/mol. The summed E-state index contributed by atoms with van der Waals surface area (Å²) in [6, 6.07) is 7.75. The highest BCUT2D eigenvalue weighted by Gasteiger charge is 2.06. The van der Waals surface area contributed by atoms with Crippen LogP contribution in [0, 0.1) is 11.3 Å². The van der Waals surface area contributed by atoms with Crippen LogP contribution >= 0.6 is 15.9 Å². The number of rotatable bonds is 4. The second kappa shape index (κ2) is 5.89. The molecule has 5 heteroatoms. The molecular weight excluding hydrogens is 304 g/mol. The topological polar surface area (TPSA) is 53.6 Å². The molecule has 0 atom stereocenters. The van der Waals surface area contributed by atoms with Crippen LogP contribution in [-0.2, 0) is 20.0 Å². The zero-order valence-corrected chi connectivity index (χ0v) is 12.5. The van der Waals surface area contributed by atoms with E-state index in [0.717, 1.165) is 22.3 Å². The third-order valence-electron chi connectivity index (χ3n) is 2.84. The number of nitrogens with one attached hydrogen (secondary N) is 1. The fourth-order valence-electron chi connectivity index (χ4n) is 1.98. The van der Waals surface area contributed by atoms with Crippen molar-refractivity contribution in [3.8, 4) is 6.07 Å². The van der Waals surface area contributed by atoms with E-state index in [2.05, 4.69) is 39.3 Å². The largest absolute Gasteiger partial charge is 0.381 e. The van der Waals surface area contributed by atoms with E-state index in [1.807, 2.05) is 30.1 Å². The zero-order valence-electron chi connectivity index (χ0n) is 10.9. The van der Waals surface area contributed by atoms with Gasteiger partial charge in [0, 0.05) is 35.5 Å². The van der Waals surface area contributed by atoms with Crippen LogP contribution in [-0.4, -0.2) is 9.78 Å². The summed E-state index contributed by atoms with van der Waals surface area (Å²) in [5.41, 5.74) is 3.85. The maximum Gasteiger partial charge on any atom is 0.0992 e. The molecule has 1 aromatic heterocycles. The first-order chi connectivity index (χ1) is 9.12. The lowest BCUT2D eigenvalue weighted by Gasteiger charge is -2.07. The van der Waals surface area contributed by atoms with Crippen LogP contribution in [0.1, 0.15) is 23.7 Å². The minimum Gasteiger partial charge on any atom is -0.381 e. The molecule has 0 spiro atoms. The summed E-state index contributed by atoms with van der Waals surface area (Å²) in [7, 11) is 1.93. The molecule has 1 N–H and O–H groups in total. The molecular formula is C14H15BrN4. The summed E-state index contributed by atoms with van der Waals surface area (Å²) in [6.45, 7) is 2.80. The summed E-state index contributed by atoms with van der Waals surface area (Å²) in [6.07, 6.45) is 2.94. The second-order valence-corrected chi connectivity index (χ2v) is 5.24. The standard InChI is InChI=1S/C14H15BrN4/c1-3-14-11(9-19(2)18-14)8-17-13-5-10(7-16)4-12(15)6-13/h4-6,9,17H,3,8H2,1-2H3. The van der Waals surface area contributed by atoms with Gasteiger partial charge >= 0.3 is 0 Å². The average molecular weight is 319 g/mol. The molecule has 0 radical (unpaired) electrons. The predicted molar refractivity (Wildman–Crippen MR) is 78.8 cm³/mol. The van der Waals surface area contributed by atoms with Crippen molar-refractivity contribution in [3.63, 3.8) is 0 Å². The summed E-state index contributed by atoms with van der Waals surface area (Å²) in [5.74, 6) is 0. The van der Waals surface area contributed by atoms with Crippen molar-refractivity contribution in [2.45, 2.75) is 19.9 Å². The Labute approximate surface area is 121 Å². The first-order valence-corrected chi connectivity index (χ1v) is 6.87. The van der Waals surface area contributed by atoms with Crippen molar-refractivity contribution in [1.29, 1.82) is 5.26 Å². The van der Waals surface area contributed by atoms with Gasteiger partial charge in [-0.15, -0.1) is 0 Å². The van der Waals surface area contributed by atoms with Gasteiger partial charge in [0.2, 0.25) is 0 Å². The van der Waals surface area contributed by atoms with E-state index < -0.39 is 0 Å². The molecule has 0 fully saturated rings. The SMILES string of the molecule is CCc1nn(C)cc1CNc1cc(Br)cc(C#N)c1. The molecule has 19 heavy (non-hydrogen) atoms. The van der Waals surface area contributed by atoms with Crippen molar-refractivity contribution in [3.05, 3.63) is 45.7 Å². The summed E-state index contributed by atoms with van der Waals surface area (Å²) in [4.78, 5) is 0. The Morgan fingerprint density at radius 1 is 1.42 bits per heavy atom. The van der Waals surface area contributed by atoms with Crippen LogP contribution in [0.2, 0.25) is 0 Å². The van der Waals surface area contributed by atoms with Crippen molar-refractivity contribution >= 4 is 21.6 Å². The molecule has 0 saturated carbocycles. The normalized spacial score (nSPS) is 10.2. The fourth-order valence-corrected chi connectivity index (χ4v) is 2.48. The number of anilines is 1. The van der Waals surface area contributed by atoms with Crippen molar-refractivity contribution < 1.29 is 0 Å². The van der Waals surface area contributed by atoms with Gasteiger partial charge in [-0.25, -0.2) is 0 Å². The molecule has 98 valence electrons. The molecule has 0 amide bonds. The second-order valence-electron chi connectivity index (χ2n) is 4.32. The highest BCUT2D eigenvalue weighted by molar-refractivity contribution is 9.10. The van der Waals surface area contributed by atoms with Crippen molar-refractivity contribution in [1.82, 2.24) is 9.78 Å². The summed E-state index contributed by atoms with van der Waals surface area (Å²) >= 11 is 3.40. The smallest absolute Gasteiger partial charge is 0.0992 e. The third-order valence-corrected chi connectivity index (χ3v) is 3.29.